The molecule has 0 spiro atoms. The van der Waals surface area contributed by atoms with Crippen LogP contribution in [-0.4, -0.2) is 66.8 Å². The summed E-state index contributed by atoms with van der Waals surface area (Å²) >= 11 is 0. The van der Waals surface area contributed by atoms with Crippen molar-refractivity contribution in [3.63, 3.8) is 0 Å². The highest BCUT2D eigenvalue weighted by Crippen LogP contribution is 2.17. The highest BCUT2D eigenvalue weighted by molar-refractivity contribution is 4.50. The lowest BCUT2D eigenvalue weighted by molar-refractivity contribution is -0.929. The Morgan fingerprint density at radius 2 is 0.378 bits per heavy atom. The molecule has 0 rings (SSSR count). The molecule has 232 valence electrons. The largest absolute Gasteiger partial charge is 1.00 e. The van der Waals surface area contributed by atoms with Crippen molar-refractivity contribution in [3.05, 3.63) is 0 Å². The predicted molar refractivity (Wildman–Crippen MR) is 162 cm³/mol. The Bertz CT molecular complexity index is 286. The number of nitrogens with zero attached hydrogens (tertiary/aromatic N) is 2. The molecule has 0 aliphatic rings. The molecule has 0 aliphatic carbocycles. The summed E-state index contributed by atoms with van der Waals surface area (Å²) in [4.78, 5) is 0. The molecule has 0 saturated heterocycles. The first-order valence-corrected chi connectivity index (χ1v) is 16.2. The third-order valence-electron chi connectivity index (χ3n) is 7.89. The van der Waals surface area contributed by atoms with Crippen LogP contribution >= 0.6 is 0 Å². The minimum absolute atomic E-state index is 0. The summed E-state index contributed by atoms with van der Waals surface area (Å²) in [5.74, 6) is 0. The van der Waals surface area contributed by atoms with Gasteiger partial charge in [-0.2, -0.15) is 0 Å². The molecule has 0 radical (unpaired) electrons. The molecular weight excluding hydrogens is 588 g/mol. The number of unbranched alkanes of at least 4 members (excludes halogenated alkanes) is 8. The van der Waals surface area contributed by atoms with E-state index in [-0.39, 0.29) is 39.4 Å². The zero-order valence-electron chi connectivity index (χ0n) is 27.1. The summed E-state index contributed by atoms with van der Waals surface area (Å²) in [6.07, 6.45) is 22.1. The van der Waals surface area contributed by atoms with Crippen molar-refractivity contribution in [2.75, 3.05) is 52.4 Å². The highest BCUT2D eigenvalue weighted by atomic mass is 79.9. The minimum Gasteiger partial charge on any atom is -1.00 e. The number of hydrogen-bond donors (Lipinski definition) is 0. The molecule has 0 aromatic heterocycles. The van der Waals surface area contributed by atoms with Gasteiger partial charge in [0.15, 0.2) is 0 Å². The zero-order valence-corrected chi connectivity index (χ0v) is 30.3. The van der Waals surface area contributed by atoms with E-state index >= 15 is 0 Å². The lowest BCUT2D eigenvalue weighted by Gasteiger charge is -2.39. The summed E-state index contributed by atoms with van der Waals surface area (Å²) in [6, 6.07) is 0. The van der Waals surface area contributed by atoms with Crippen molar-refractivity contribution in [2.45, 2.75) is 158 Å². The summed E-state index contributed by atoms with van der Waals surface area (Å²) in [5, 5.41) is 0. The van der Waals surface area contributed by atoms with Gasteiger partial charge in [-0.1, -0.05) is 107 Å². The van der Waals surface area contributed by atoms with Gasteiger partial charge < -0.3 is 48.4 Å². The van der Waals surface area contributed by atoms with Crippen molar-refractivity contribution in [1.29, 1.82) is 0 Å². The monoisotopic (exact) mass is 660 g/mol. The lowest BCUT2D eigenvalue weighted by atomic mass is 10.1. The van der Waals surface area contributed by atoms with Crippen LogP contribution in [0.1, 0.15) is 158 Å². The van der Waals surface area contributed by atoms with Crippen molar-refractivity contribution < 1.29 is 48.4 Å². The second-order valence-electron chi connectivity index (χ2n) is 11.3. The highest BCUT2D eigenvalue weighted by Gasteiger charge is 2.25. The maximum absolute atomic E-state index is 2.33. The van der Waals surface area contributed by atoms with Crippen molar-refractivity contribution >= 4 is 0 Å². The van der Waals surface area contributed by atoms with Gasteiger partial charge in [0.05, 0.1) is 52.4 Å². The fraction of sp³-hybridized carbons (Fsp3) is 1.00. The SMILES string of the molecule is CCCC[N+](CCCC)(CCCC)CCCC.CCCC[N+](CCCC)(CCCC)CCCC.O.[Br-].[Br-]. The van der Waals surface area contributed by atoms with E-state index in [1.807, 2.05) is 0 Å². The molecule has 0 unspecified atom stereocenters. The van der Waals surface area contributed by atoms with Crippen LogP contribution in [0.4, 0.5) is 0 Å². The first kappa shape index (κ1) is 47.6. The predicted octanol–water partition coefficient (Wildman–Crippen LogP) is 3.19. The number of hydrogen-bond acceptors (Lipinski definition) is 0. The van der Waals surface area contributed by atoms with Crippen LogP contribution in [0.3, 0.4) is 0 Å². The standard InChI is InChI=1S/2C16H36N.2BrH.H2O/c2*1-5-9-13-17(14-10-6-2,15-11-7-3)16-12-8-4;;;/h2*5-16H2,1-4H3;2*1H;1H2/q2*+1;;;/p-2. The Morgan fingerprint density at radius 1 is 0.270 bits per heavy atom. The molecule has 0 heterocycles. The van der Waals surface area contributed by atoms with Crippen LogP contribution in [0.25, 0.3) is 0 Å². The van der Waals surface area contributed by atoms with Crippen LogP contribution in [-0.2, 0) is 0 Å². The first-order valence-electron chi connectivity index (χ1n) is 16.2. The summed E-state index contributed by atoms with van der Waals surface area (Å²) < 4.78 is 2.84. The average Bonchev–Trinajstić information content (AvgIpc) is 2.87. The Morgan fingerprint density at radius 3 is 0.459 bits per heavy atom. The van der Waals surface area contributed by atoms with Crippen LogP contribution in [0.2, 0.25) is 0 Å². The second kappa shape index (κ2) is 34.9. The van der Waals surface area contributed by atoms with E-state index in [0.717, 1.165) is 0 Å². The van der Waals surface area contributed by atoms with Crippen LogP contribution in [0.5, 0.6) is 0 Å². The van der Waals surface area contributed by atoms with Crippen LogP contribution < -0.4 is 34.0 Å². The van der Waals surface area contributed by atoms with E-state index in [2.05, 4.69) is 55.4 Å². The summed E-state index contributed by atoms with van der Waals surface area (Å²) in [6.45, 7) is 30.0. The zero-order chi connectivity index (χ0) is 26.0. The van der Waals surface area contributed by atoms with Crippen LogP contribution in [0.15, 0.2) is 0 Å². The molecule has 0 amide bonds. The average molecular weight is 663 g/mol. The third kappa shape index (κ3) is 26.8. The molecule has 0 aromatic carbocycles. The lowest BCUT2D eigenvalue weighted by Crippen LogP contribution is -3.00. The van der Waals surface area contributed by atoms with Gasteiger partial charge in [-0.15, -0.1) is 0 Å². The molecular formula is C32H74Br2N2O. The number of rotatable bonds is 24. The van der Waals surface area contributed by atoms with Crippen molar-refractivity contribution in [2.24, 2.45) is 0 Å². The Kier molecular flexibility index (Phi) is 44.9. The summed E-state index contributed by atoms with van der Waals surface area (Å²) in [5.41, 5.74) is 0. The Labute approximate surface area is 258 Å². The topological polar surface area (TPSA) is 31.5 Å². The number of quaternary nitrogens is 2. The molecule has 2 N–H and O–H groups in total. The van der Waals surface area contributed by atoms with Crippen molar-refractivity contribution in [1.82, 2.24) is 0 Å². The van der Waals surface area contributed by atoms with Gasteiger partial charge in [0, 0.05) is 0 Å². The van der Waals surface area contributed by atoms with Gasteiger partial charge in [-0.3, -0.25) is 0 Å². The maximum atomic E-state index is 2.33. The molecule has 0 bridgehead atoms. The van der Waals surface area contributed by atoms with Gasteiger partial charge in [0.2, 0.25) is 0 Å². The molecule has 0 aromatic rings. The third-order valence-corrected chi connectivity index (χ3v) is 7.89. The smallest absolute Gasteiger partial charge is 0.0786 e. The van der Waals surface area contributed by atoms with Gasteiger partial charge in [-0.05, 0) is 51.4 Å². The quantitative estimate of drug-likeness (QED) is 0.142. The maximum Gasteiger partial charge on any atom is 0.0786 e. The fourth-order valence-electron chi connectivity index (χ4n) is 5.29. The normalized spacial score (nSPS) is 11.0. The molecule has 5 heteroatoms. The van der Waals surface area contributed by atoms with Gasteiger partial charge >= 0.3 is 0 Å². The molecule has 0 saturated carbocycles. The van der Waals surface area contributed by atoms with Gasteiger partial charge in [0.1, 0.15) is 0 Å². The number of halogens is 2. The van der Waals surface area contributed by atoms with E-state index in [1.54, 1.807) is 0 Å². The van der Waals surface area contributed by atoms with E-state index < -0.39 is 0 Å². The van der Waals surface area contributed by atoms with Crippen LogP contribution in [0, 0.1) is 0 Å². The Hall–Kier alpha value is 0.840. The fourth-order valence-corrected chi connectivity index (χ4v) is 5.29. The van der Waals surface area contributed by atoms with E-state index in [0.29, 0.717) is 0 Å². The second-order valence-corrected chi connectivity index (χ2v) is 11.3. The van der Waals surface area contributed by atoms with E-state index in [1.165, 1.54) is 164 Å². The van der Waals surface area contributed by atoms with E-state index in [9.17, 15) is 0 Å². The van der Waals surface area contributed by atoms with Crippen molar-refractivity contribution in [3.8, 4) is 0 Å². The van der Waals surface area contributed by atoms with E-state index in [4.69, 9.17) is 0 Å². The molecule has 0 fully saturated rings. The first-order chi connectivity index (χ1) is 16.5. The molecule has 3 nitrogen and oxygen atoms in total. The minimum atomic E-state index is 0. The van der Waals surface area contributed by atoms with Gasteiger partial charge in [0.25, 0.3) is 0 Å². The molecule has 0 aliphatic heterocycles. The van der Waals surface area contributed by atoms with Gasteiger partial charge in [-0.25, -0.2) is 0 Å². The molecule has 0 atom stereocenters. The molecule has 37 heavy (non-hydrogen) atoms. The summed E-state index contributed by atoms with van der Waals surface area (Å²) in [7, 11) is 0. The Balaban J connectivity index is -0.000000171.